The van der Waals surface area contributed by atoms with Crippen LogP contribution in [0.4, 0.5) is 11.6 Å². The van der Waals surface area contributed by atoms with Gasteiger partial charge in [-0.25, -0.2) is 19.9 Å². The third kappa shape index (κ3) is 4.05. The number of rotatable bonds is 6. The van der Waals surface area contributed by atoms with Crippen molar-refractivity contribution in [2.75, 3.05) is 30.4 Å². The molecule has 0 radical (unpaired) electrons. The number of H-pyrrole nitrogens is 1. The number of nitrogens with zero attached hydrogens (tertiary/aromatic N) is 6. The zero-order valence-corrected chi connectivity index (χ0v) is 18.2. The van der Waals surface area contributed by atoms with Gasteiger partial charge in [0.15, 0.2) is 17.5 Å². The molecular formula is C22H26N8O2. The van der Waals surface area contributed by atoms with E-state index >= 15 is 0 Å². The summed E-state index contributed by atoms with van der Waals surface area (Å²) in [5.41, 5.74) is 3.14. The Bertz CT molecular complexity index is 1120. The summed E-state index contributed by atoms with van der Waals surface area (Å²) in [7, 11) is 1.78. The van der Waals surface area contributed by atoms with Crippen molar-refractivity contribution < 1.29 is 9.53 Å². The van der Waals surface area contributed by atoms with E-state index in [-0.39, 0.29) is 12.5 Å². The van der Waals surface area contributed by atoms with Crippen LogP contribution in [0, 0.1) is 12.8 Å². The van der Waals surface area contributed by atoms with Gasteiger partial charge in [-0.1, -0.05) is 0 Å². The average Bonchev–Trinajstić information content (AvgIpc) is 3.49. The van der Waals surface area contributed by atoms with Gasteiger partial charge < -0.3 is 15.0 Å². The van der Waals surface area contributed by atoms with Crippen molar-refractivity contribution in [2.24, 2.45) is 5.92 Å². The largest absolute Gasteiger partial charge is 0.381 e. The molecule has 1 aliphatic carbocycles. The van der Waals surface area contributed by atoms with Gasteiger partial charge in [-0.05, 0) is 50.7 Å². The fourth-order valence-electron chi connectivity index (χ4n) is 4.56. The Hall–Kier alpha value is -3.40. The van der Waals surface area contributed by atoms with Gasteiger partial charge in [0.1, 0.15) is 12.0 Å². The van der Waals surface area contributed by atoms with Crippen LogP contribution in [0.5, 0.6) is 0 Å². The number of ether oxygens (including phenoxy) is 1. The summed E-state index contributed by atoms with van der Waals surface area (Å²) in [5.74, 6) is 2.39. The number of aryl methyl sites for hydroxylation is 1. The minimum absolute atomic E-state index is 0.0602. The van der Waals surface area contributed by atoms with Crippen LogP contribution in [-0.4, -0.2) is 62.3 Å². The van der Waals surface area contributed by atoms with Crippen LogP contribution in [0.2, 0.25) is 0 Å². The Morgan fingerprint density at radius 2 is 2.09 bits per heavy atom. The zero-order chi connectivity index (χ0) is 22.1. The van der Waals surface area contributed by atoms with Crippen molar-refractivity contribution in [2.45, 2.75) is 38.7 Å². The second-order valence-electron chi connectivity index (χ2n) is 8.39. The van der Waals surface area contributed by atoms with Crippen molar-refractivity contribution in [3.05, 3.63) is 30.4 Å². The van der Waals surface area contributed by atoms with Gasteiger partial charge in [-0.3, -0.25) is 9.89 Å². The molecule has 0 unspecified atom stereocenters. The number of amides is 1. The lowest BCUT2D eigenvalue weighted by Gasteiger charge is -2.30. The average molecular weight is 435 g/mol. The lowest BCUT2D eigenvalue weighted by atomic mass is 10.0. The van der Waals surface area contributed by atoms with Crippen LogP contribution in [0.1, 0.15) is 31.4 Å². The number of carbonyl (C=O) groups is 1. The van der Waals surface area contributed by atoms with Crippen molar-refractivity contribution in [3.63, 3.8) is 0 Å². The molecule has 3 aromatic rings. The third-order valence-corrected chi connectivity index (χ3v) is 6.30. The number of aromatic nitrogens is 6. The molecule has 1 amide bonds. The molecule has 2 N–H and O–H groups in total. The fourth-order valence-corrected chi connectivity index (χ4v) is 4.56. The van der Waals surface area contributed by atoms with Crippen LogP contribution in [0.15, 0.2) is 24.7 Å². The molecule has 1 aliphatic heterocycles. The van der Waals surface area contributed by atoms with Crippen LogP contribution in [0.3, 0.4) is 0 Å². The highest BCUT2D eigenvalue weighted by Crippen LogP contribution is 2.33. The summed E-state index contributed by atoms with van der Waals surface area (Å²) >= 11 is 0. The molecule has 2 atom stereocenters. The lowest BCUT2D eigenvalue weighted by molar-refractivity contribution is -0.115. The summed E-state index contributed by atoms with van der Waals surface area (Å²) < 4.78 is 5.50. The monoisotopic (exact) mass is 434 g/mol. The standard InChI is InChI=1S/C22H26N8O2/c1-13-16(5-6-17(26-13)20-24-12-25-29-20)18-10-23-21-22(27-18)30(11-19(31)28-21)8-7-14-3-4-15(9-14)32-2/h5-6,10,12,14-15H,3-4,7-9,11H2,1-2H3,(H,23,28,31)(H,24,25,29)/t14-,15+/m1/s1. The lowest BCUT2D eigenvalue weighted by Crippen LogP contribution is -2.40. The van der Waals surface area contributed by atoms with E-state index in [2.05, 4.69) is 30.5 Å². The smallest absolute Gasteiger partial charge is 0.245 e. The molecule has 0 saturated heterocycles. The predicted octanol–water partition coefficient (Wildman–Crippen LogP) is 2.60. The Labute approximate surface area is 185 Å². The van der Waals surface area contributed by atoms with E-state index in [1.165, 1.54) is 12.7 Å². The maximum atomic E-state index is 12.2. The highest BCUT2D eigenvalue weighted by atomic mass is 16.5. The minimum atomic E-state index is -0.0602. The number of aromatic amines is 1. The fraction of sp³-hybridized carbons (Fsp3) is 0.455. The van der Waals surface area contributed by atoms with Gasteiger partial charge in [-0.2, -0.15) is 5.10 Å². The van der Waals surface area contributed by atoms with E-state index in [0.29, 0.717) is 29.5 Å². The zero-order valence-electron chi connectivity index (χ0n) is 18.2. The van der Waals surface area contributed by atoms with E-state index in [4.69, 9.17) is 9.72 Å². The van der Waals surface area contributed by atoms with E-state index in [0.717, 1.165) is 48.5 Å². The summed E-state index contributed by atoms with van der Waals surface area (Å²) in [6.45, 7) is 2.98. The van der Waals surface area contributed by atoms with Crippen LogP contribution in [-0.2, 0) is 9.53 Å². The predicted molar refractivity (Wildman–Crippen MR) is 119 cm³/mol. The summed E-state index contributed by atoms with van der Waals surface area (Å²) in [5, 5.41) is 9.55. The molecule has 4 heterocycles. The highest BCUT2D eigenvalue weighted by molar-refractivity contribution is 5.99. The van der Waals surface area contributed by atoms with Crippen LogP contribution in [0.25, 0.3) is 22.8 Å². The van der Waals surface area contributed by atoms with Gasteiger partial charge in [0.25, 0.3) is 0 Å². The molecule has 10 heteroatoms. The number of pyridine rings is 1. The summed E-state index contributed by atoms with van der Waals surface area (Å²) in [4.78, 5) is 32.4. The van der Waals surface area contributed by atoms with Gasteiger partial charge in [0, 0.05) is 24.9 Å². The van der Waals surface area contributed by atoms with Gasteiger partial charge >= 0.3 is 0 Å². The first-order valence-corrected chi connectivity index (χ1v) is 10.9. The molecule has 3 aromatic heterocycles. The maximum Gasteiger partial charge on any atom is 0.245 e. The molecule has 0 bridgehead atoms. The van der Waals surface area contributed by atoms with E-state index in [9.17, 15) is 4.79 Å². The maximum absolute atomic E-state index is 12.2. The van der Waals surface area contributed by atoms with E-state index < -0.39 is 0 Å². The summed E-state index contributed by atoms with van der Waals surface area (Å²) in [6, 6.07) is 3.85. The molecule has 2 aliphatic rings. The quantitative estimate of drug-likeness (QED) is 0.607. The number of anilines is 2. The molecular weight excluding hydrogens is 408 g/mol. The van der Waals surface area contributed by atoms with Crippen molar-refractivity contribution >= 4 is 17.5 Å². The van der Waals surface area contributed by atoms with Crippen molar-refractivity contribution in [1.29, 1.82) is 0 Å². The van der Waals surface area contributed by atoms with Crippen LogP contribution < -0.4 is 10.2 Å². The number of hydrogen-bond acceptors (Lipinski definition) is 8. The number of hydrogen-bond donors (Lipinski definition) is 2. The highest BCUT2D eigenvalue weighted by Gasteiger charge is 2.29. The number of nitrogens with one attached hydrogen (secondary N) is 2. The Morgan fingerprint density at radius 1 is 1.19 bits per heavy atom. The van der Waals surface area contributed by atoms with Crippen molar-refractivity contribution in [3.8, 4) is 22.8 Å². The Balaban J connectivity index is 1.38. The molecule has 0 aromatic carbocycles. The van der Waals surface area contributed by atoms with E-state index in [1.807, 2.05) is 24.0 Å². The second-order valence-corrected chi connectivity index (χ2v) is 8.39. The SMILES string of the molecule is CO[C@H]1CC[C@H](CCN2CC(=O)Nc3ncc(-c4ccc(-c5ncn[nH]5)nc4C)nc32)C1. The van der Waals surface area contributed by atoms with Gasteiger partial charge in [0.05, 0.1) is 24.5 Å². The molecule has 1 saturated carbocycles. The number of methoxy groups -OCH3 is 1. The number of fused-ring (bicyclic) bond motifs is 1. The van der Waals surface area contributed by atoms with Gasteiger partial charge in [-0.15, -0.1) is 0 Å². The molecule has 32 heavy (non-hydrogen) atoms. The molecule has 0 spiro atoms. The van der Waals surface area contributed by atoms with Gasteiger partial charge in [0.2, 0.25) is 5.91 Å². The van der Waals surface area contributed by atoms with Crippen LogP contribution >= 0.6 is 0 Å². The molecule has 10 nitrogen and oxygen atoms in total. The molecule has 1 fully saturated rings. The Kier molecular flexibility index (Phi) is 5.52. The number of carbonyl (C=O) groups excluding carboxylic acids is 1. The molecule has 5 rings (SSSR count). The minimum Gasteiger partial charge on any atom is -0.381 e. The topological polar surface area (TPSA) is 122 Å². The molecule has 166 valence electrons. The first kappa shape index (κ1) is 20.5. The van der Waals surface area contributed by atoms with Crippen molar-refractivity contribution in [1.82, 2.24) is 30.1 Å². The first-order valence-electron chi connectivity index (χ1n) is 10.9. The Morgan fingerprint density at radius 3 is 2.84 bits per heavy atom. The summed E-state index contributed by atoms with van der Waals surface area (Å²) in [6.07, 6.45) is 7.86. The third-order valence-electron chi connectivity index (χ3n) is 6.30. The first-order chi connectivity index (χ1) is 15.6. The van der Waals surface area contributed by atoms with E-state index in [1.54, 1.807) is 13.3 Å². The normalized spacial score (nSPS) is 20.3. The second kappa shape index (κ2) is 8.62.